The van der Waals surface area contributed by atoms with Gasteiger partial charge in [0.1, 0.15) is 0 Å². The monoisotopic (exact) mass is 261 g/mol. The van der Waals surface area contributed by atoms with Crippen molar-refractivity contribution in [2.75, 3.05) is 25.4 Å². The third-order valence-electron chi connectivity index (χ3n) is 3.38. The first kappa shape index (κ1) is 13.4. The molecule has 5 nitrogen and oxygen atoms in total. The summed E-state index contributed by atoms with van der Waals surface area (Å²) in [6, 6.07) is 7.56. The summed E-state index contributed by atoms with van der Waals surface area (Å²) in [6.45, 7) is 3.32. The van der Waals surface area contributed by atoms with E-state index in [0.29, 0.717) is 19.5 Å². The number of carbonyl (C=O) groups excluding carboxylic acids is 2. The Labute approximate surface area is 112 Å². The van der Waals surface area contributed by atoms with Crippen molar-refractivity contribution in [2.24, 2.45) is 0 Å². The zero-order valence-electron chi connectivity index (χ0n) is 11.1. The van der Waals surface area contributed by atoms with Crippen molar-refractivity contribution < 1.29 is 9.59 Å². The van der Waals surface area contributed by atoms with Gasteiger partial charge in [-0.25, -0.2) is 0 Å². The van der Waals surface area contributed by atoms with Crippen LogP contribution in [-0.4, -0.2) is 36.3 Å². The zero-order chi connectivity index (χ0) is 13.8. The van der Waals surface area contributed by atoms with Crippen LogP contribution >= 0.6 is 0 Å². The van der Waals surface area contributed by atoms with E-state index >= 15 is 0 Å². The Morgan fingerprint density at radius 3 is 2.74 bits per heavy atom. The summed E-state index contributed by atoms with van der Waals surface area (Å²) in [5.74, 6) is 0.0667. The number of nitrogens with zero attached hydrogens (tertiary/aromatic N) is 1. The van der Waals surface area contributed by atoms with Crippen molar-refractivity contribution in [3.8, 4) is 0 Å². The molecule has 0 saturated carbocycles. The van der Waals surface area contributed by atoms with E-state index in [0.717, 1.165) is 11.3 Å². The molecule has 1 aromatic rings. The molecule has 1 aromatic carbocycles. The van der Waals surface area contributed by atoms with Gasteiger partial charge in [0, 0.05) is 25.2 Å². The van der Waals surface area contributed by atoms with Gasteiger partial charge >= 0.3 is 0 Å². The Morgan fingerprint density at radius 1 is 1.42 bits per heavy atom. The van der Waals surface area contributed by atoms with Crippen LogP contribution in [0.1, 0.15) is 24.8 Å². The predicted octanol–water partition coefficient (Wildman–Crippen LogP) is 0.721. The summed E-state index contributed by atoms with van der Waals surface area (Å²) in [4.78, 5) is 25.0. The number of carbonyl (C=O) groups is 2. The fourth-order valence-electron chi connectivity index (χ4n) is 2.18. The Balaban J connectivity index is 1.94. The van der Waals surface area contributed by atoms with Gasteiger partial charge in [0.2, 0.25) is 11.8 Å². The number of rotatable bonds is 3. The third kappa shape index (κ3) is 3.47. The number of hydrogen-bond donors (Lipinski definition) is 2. The summed E-state index contributed by atoms with van der Waals surface area (Å²) in [7, 11) is 0. The van der Waals surface area contributed by atoms with E-state index < -0.39 is 0 Å². The first-order chi connectivity index (χ1) is 9.06. The lowest BCUT2D eigenvalue weighted by molar-refractivity contribution is -0.138. The maximum Gasteiger partial charge on any atom is 0.239 e. The summed E-state index contributed by atoms with van der Waals surface area (Å²) >= 11 is 0. The molecule has 1 saturated heterocycles. The van der Waals surface area contributed by atoms with E-state index in [9.17, 15) is 9.59 Å². The first-order valence-corrected chi connectivity index (χ1v) is 6.46. The second-order valence-corrected chi connectivity index (χ2v) is 4.94. The van der Waals surface area contributed by atoms with Crippen LogP contribution < -0.4 is 11.1 Å². The Kier molecular flexibility index (Phi) is 4.04. The van der Waals surface area contributed by atoms with Gasteiger partial charge in [-0.1, -0.05) is 19.1 Å². The van der Waals surface area contributed by atoms with Crippen LogP contribution in [0.4, 0.5) is 5.69 Å². The Morgan fingerprint density at radius 2 is 2.11 bits per heavy atom. The lowest BCUT2D eigenvalue weighted by atomic mass is 9.97. The lowest BCUT2D eigenvalue weighted by Gasteiger charge is -2.27. The standard InChI is InChI=1S/C14H19N3O2/c1-10(11-2-4-12(15)5-3-11)8-14(19)17-7-6-16-13(18)9-17/h2-5,10H,6-9,15H2,1H3,(H,16,18). The van der Waals surface area contributed by atoms with Gasteiger partial charge in [0.05, 0.1) is 6.54 Å². The second kappa shape index (κ2) is 5.73. The van der Waals surface area contributed by atoms with Crippen LogP contribution in [0.5, 0.6) is 0 Å². The van der Waals surface area contributed by atoms with Crippen LogP contribution in [0.3, 0.4) is 0 Å². The smallest absolute Gasteiger partial charge is 0.239 e. The maximum atomic E-state index is 12.1. The van der Waals surface area contributed by atoms with Crippen molar-refractivity contribution in [1.29, 1.82) is 0 Å². The van der Waals surface area contributed by atoms with Crippen molar-refractivity contribution in [3.63, 3.8) is 0 Å². The molecule has 0 aliphatic carbocycles. The minimum absolute atomic E-state index is 0.0270. The minimum atomic E-state index is -0.0836. The van der Waals surface area contributed by atoms with Crippen molar-refractivity contribution >= 4 is 17.5 Å². The van der Waals surface area contributed by atoms with Crippen LogP contribution in [0.15, 0.2) is 24.3 Å². The normalized spacial score (nSPS) is 16.9. The number of benzene rings is 1. The molecule has 1 aliphatic rings. The summed E-state index contributed by atoms with van der Waals surface area (Å²) in [5, 5.41) is 2.71. The highest BCUT2D eigenvalue weighted by atomic mass is 16.2. The number of nitrogens with two attached hydrogens (primary N) is 1. The summed E-state index contributed by atoms with van der Waals surface area (Å²) in [6.07, 6.45) is 0.414. The van der Waals surface area contributed by atoms with E-state index in [1.54, 1.807) is 4.90 Å². The number of nitrogen functional groups attached to an aromatic ring is 1. The van der Waals surface area contributed by atoms with E-state index in [-0.39, 0.29) is 24.3 Å². The Bertz CT molecular complexity index is 470. The van der Waals surface area contributed by atoms with Crippen LogP contribution in [0.2, 0.25) is 0 Å². The average molecular weight is 261 g/mol. The maximum absolute atomic E-state index is 12.1. The molecule has 1 heterocycles. The second-order valence-electron chi connectivity index (χ2n) is 4.94. The summed E-state index contributed by atoms with van der Waals surface area (Å²) in [5.41, 5.74) is 7.45. The van der Waals surface area contributed by atoms with Crippen molar-refractivity contribution in [1.82, 2.24) is 10.2 Å². The molecule has 0 radical (unpaired) electrons. The molecule has 1 aliphatic heterocycles. The minimum Gasteiger partial charge on any atom is -0.399 e. The fourth-order valence-corrected chi connectivity index (χ4v) is 2.18. The highest BCUT2D eigenvalue weighted by Gasteiger charge is 2.22. The fraction of sp³-hybridized carbons (Fsp3) is 0.429. The molecular formula is C14H19N3O2. The quantitative estimate of drug-likeness (QED) is 0.787. The molecule has 2 rings (SSSR count). The van der Waals surface area contributed by atoms with E-state index in [1.807, 2.05) is 31.2 Å². The van der Waals surface area contributed by atoms with Gasteiger partial charge in [-0.05, 0) is 23.6 Å². The van der Waals surface area contributed by atoms with Crippen LogP contribution in [-0.2, 0) is 9.59 Å². The molecule has 1 fully saturated rings. The molecule has 0 aromatic heterocycles. The van der Waals surface area contributed by atoms with Gasteiger partial charge in [-0.2, -0.15) is 0 Å². The predicted molar refractivity (Wildman–Crippen MR) is 73.5 cm³/mol. The molecule has 2 amide bonds. The van der Waals surface area contributed by atoms with Gasteiger partial charge in [0.15, 0.2) is 0 Å². The first-order valence-electron chi connectivity index (χ1n) is 6.46. The molecule has 5 heteroatoms. The number of piperazine rings is 1. The largest absolute Gasteiger partial charge is 0.399 e. The highest BCUT2D eigenvalue weighted by molar-refractivity contribution is 5.86. The van der Waals surface area contributed by atoms with E-state index in [4.69, 9.17) is 5.73 Å². The SMILES string of the molecule is CC(CC(=O)N1CCNC(=O)C1)c1ccc(N)cc1. The molecule has 3 N–H and O–H groups in total. The van der Waals surface area contributed by atoms with E-state index in [1.165, 1.54) is 0 Å². The third-order valence-corrected chi connectivity index (χ3v) is 3.38. The molecule has 1 atom stereocenters. The van der Waals surface area contributed by atoms with E-state index in [2.05, 4.69) is 5.32 Å². The Hall–Kier alpha value is -2.04. The number of nitrogens with one attached hydrogen (secondary N) is 1. The van der Waals surface area contributed by atoms with Gasteiger partial charge in [-0.15, -0.1) is 0 Å². The van der Waals surface area contributed by atoms with Gasteiger partial charge in [0.25, 0.3) is 0 Å². The number of amides is 2. The van der Waals surface area contributed by atoms with Crippen molar-refractivity contribution in [2.45, 2.75) is 19.3 Å². The highest BCUT2D eigenvalue weighted by Crippen LogP contribution is 2.21. The number of anilines is 1. The molecular weight excluding hydrogens is 242 g/mol. The lowest BCUT2D eigenvalue weighted by Crippen LogP contribution is -2.50. The summed E-state index contributed by atoms with van der Waals surface area (Å²) < 4.78 is 0. The molecule has 0 bridgehead atoms. The molecule has 1 unspecified atom stereocenters. The topological polar surface area (TPSA) is 75.4 Å². The molecule has 0 spiro atoms. The van der Waals surface area contributed by atoms with Crippen LogP contribution in [0, 0.1) is 0 Å². The molecule has 102 valence electrons. The zero-order valence-corrected chi connectivity index (χ0v) is 11.1. The molecule has 19 heavy (non-hydrogen) atoms. The average Bonchev–Trinajstić information content (AvgIpc) is 2.39. The van der Waals surface area contributed by atoms with Crippen LogP contribution in [0.25, 0.3) is 0 Å². The number of hydrogen-bond acceptors (Lipinski definition) is 3. The van der Waals surface area contributed by atoms with Gasteiger partial charge in [-0.3, -0.25) is 9.59 Å². The van der Waals surface area contributed by atoms with Gasteiger partial charge < -0.3 is 16.0 Å². The van der Waals surface area contributed by atoms with Crippen molar-refractivity contribution in [3.05, 3.63) is 29.8 Å².